The molecular weight excluding hydrogens is 416 g/mol. The molecule has 2 aliphatic rings. The van der Waals surface area contributed by atoms with E-state index in [1.165, 1.54) is 0 Å². The summed E-state index contributed by atoms with van der Waals surface area (Å²) in [5, 5.41) is 8.41. The minimum Gasteiger partial charge on any atom is -0.351 e. The standard InChI is InChI=1S/C25H24N6O2/c1-30(25(10-11-25)21-8-4-5-12-26-21)24(33)22-17-15-31(13-9-19(17)28-29-22)23(32)20-14-16-6-2-3-7-18(16)27-20/h2-8,12,14,27H,9-11,13,15H2,1H3,(H,28,29). The van der Waals surface area contributed by atoms with Gasteiger partial charge in [-0.3, -0.25) is 19.7 Å². The summed E-state index contributed by atoms with van der Waals surface area (Å²) in [7, 11) is 1.82. The largest absolute Gasteiger partial charge is 0.351 e. The van der Waals surface area contributed by atoms with E-state index in [0.717, 1.165) is 40.7 Å². The summed E-state index contributed by atoms with van der Waals surface area (Å²) in [6.45, 7) is 0.927. The van der Waals surface area contributed by atoms with Gasteiger partial charge in [0.05, 0.1) is 17.8 Å². The number of nitrogens with zero attached hydrogens (tertiary/aromatic N) is 4. The summed E-state index contributed by atoms with van der Waals surface area (Å²) in [5.41, 5.74) is 4.14. The fraction of sp³-hybridized carbons (Fsp3) is 0.280. The van der Waals surface area contributed by atoms with Crippen LogP contribution in [0.5, 0.6) is 0 Å². The van der Waals surface area contributed by atoms with E-state index < -0.39 is 0 Å². The predicted octanol–water partition coefficient (Wildman–Crippen LogP) is 3.25. The number of carbonyl (C=O) groups excluding carboxylic acids is 2. The third-order valence-electron chi connectivity index (χ3n) is 7.00. The zero-order valence-electron chi connectivity index (χ0n) is 18.3. The third-order valence-corrected chi connectivity index (χ3v) is 7.00. The number of nitrogens with one attached hydrogen (secondary N) is 2. The molecule has 1 aliphatic carbocycles. The van der Waals surface area contributed by atoms with E-state index >= 15 is 0 Å². The fourth-order valence-electron chi connectivity index (χ4n) is 4.88. The molecule has 0 spiro atoms. The first-order valence-corrected chi connectivity index (χ1v) is 11.2. The van der Waals surface area contributed by atoms with Gasteiger partial charge in [-0.2, -0.15) is 5.10 Å². The Morgan fingerprint density at radius 3 is 2.70 bits per heavy atom. The lowest BCUT2D eigenvalue weighted by Gasteiger charge is -2.29. The average molecular weight is 441 g/mol. The molecule has 3 aromatic heterocycles. The molecule has 2 amide bonds. The van der Waals surface area contributed by atoms with Crippen molar-refractivity contribution >= 4 is 22.7 Å². The smallest absolute Gasteiger partial charge is 0.275 e. The third kappa shape index (κ3) is 3.13. The molecule has 33 heavy (non-hydrogen) atoms. The molecular formula is C25H24N6O2. The van der Waals surface area contributed by atoms with Crippen molar-refractivity contribution in [2.45, 2.75) is 31.3 Å². The van der Waals surface area contributed by atoms with Crippen molar-refractivity contribution in [3.63, 3.8) is 0 Å². The van der Waals surface area contributed by atoms with Crippen LogP contribution in [0.2, 0.25) is 0 Å². The second kappa shape index (κ2) is 7.30. The first kappa shape index (κ1) is 19.7. The molecule has 2 N–H and O–H groups in total. The highest BCUT2D eigenvalue weighted by molar-refractivity contribution is 5.99. The van der Waals surface area contributed by atoms with Crippen molar-refractivity contribution in [1.29, 1.82) is 0 Å². The van der Waals surface area contributed by atoms with Crippen LogP contribution in [0, 0.1) is 0 Å². The number of para-hydroxylation sites is 1. The first-order chi connectivity index (χ1) is 16.1. The highest BCUT2D eigenvalue weighted by Crippen LogP contribution is 2.50. The molecule has 8 heteroatoms. The number of pyridine rings is 1. The monoisotopic (exact) mass is 440 g/mol. The van der Waals surface area contributed by atoms with Gasteiger partial charge in [0.15, 0.2) is 5.69 Å². The Kier molecular flexibility index (Phi) is 4.36. The van der Waals surface area contributed by atoms with Crippen LogP contribution < -0.4 is 0 Å². The summed E-state index contributed by atoms with van der Waals surface area (Å²) in [6, 6.07) is 15.5. The van der Waals surface area contributed by atoms with Crippen LogP contribution in [0.4, 0.5) is 0 Å². The number of amides is 2. The SMILES string of the molecule is CN(C(=O)c1n[nH]c2c1CN(C(=O)c1cc3ccccc3[nH]1)CC2)C1(c2ccccn2)CC1. The summed E-state index contributed by atoms with van der Waals surface area (Å²) in [4.78, 5) is 38.0. The van der Waals surface area contributed by atoms with Gasteiger partial charge in [0.2, 0.25) is 0 Å². The van der Waals surface area contributed by atoms with E-state index in [1.807, 2.05) is 55.6 Å². The van der Waals surface area contributed by atoms with Gasteiger partial charge < -0.3 is 14.8 Å². The van der Waals surface area contributed by atoms with Gasteiger partial charge in [-0.1, -0.05) is 24.3 Å². The maximum Gasteiger partial charge on any atom is 0.275 e. The van der Waals surface area contributed by atoms with E-state index in [9.17, 15) is 9.59 Å². The number of rotatable bonds is 4. The van der Waals surface area contributed by atoms with Crippen LogP contribution in [0.25, 0.3) is 10.9 Å². The van der Waals surface area contributed by atoms with Gasteiger partial charge in [-0.05, 0) is 37.1 Å². The number of hydrogen-bond donors (Lipinski definition) is 2. The van der Waals surface area contributed by atoms with Gasteiger partial charge in [-0.15, -0.1) is 0 Å². The summed E-state index contributed by atoms with van der Waals surface area (Å²) < 4.78 is 0. The zero-order valence-corrected chi connectivity index (χ0v) is 18.3. The van der Waals surface area contributed by atoms with Crippen molar-refractivity contribution in [2.75, 3.05) is 13.6 Å². The number of aromatic nitrogens is 4. The quantitative estimate of drug-likeness (QED) is 0.509. The molecule has 0 saturated heterocycles. The molecule has 4 aromatic rings. The Bertz CT molecular complexity index is 1340. The lowest BCUT2D eigenvalue weighted by Crippen LogP contribution is -2.40. The van der Waals surface area contributed by atoms with Crippen molar-refractivity contribution in [3.05, 3.63) is 83.1 Å². The second-order valence-corrected chi connectivity index (χ2v) is 8.89. The van der Waals surface area contributed by atoms with Gasteiger partial charge >= 0.3 is 0 Å². The minimum absolute atomic E-state index is 0.0723. The zero-order chi connectivity index (χ0) is 22.6. The molecule has 8 nitrogen and oxygen atoms in total. The molecule has 0 radical (unpaired) electrons. The average Bonchev–Trinajstić information content (AvgIpc) is 3.38. The maximum atomic E-state index is 13.5. The molecule has 1 aromatic carbocycles. The lowest BCUT2D eigenvalue weighted by molar-refractivity contribution is 0.0678. The predicted molar refractivity (Wildman–Crippen MR) is 123 cm³/mol. The Hall–Kier alpha value is -3.94. The topological polar surface area (TPSA) is 98.0 Å². The van der Waals surface area contributed by atoms with Crippen molar-refractivity contribution in [2.24, 2.45) is 0 Å². The summed E-state index contributed by atoms with van der Waals surface area (Å²) in [5.74, 6) is -0.215. The van der Waals surface area contributed by atoms with Crippen LogP contribution >= 0.6 is 0 Å². The van der Waals surface area contributed by atoms with Crippen molar-refractivity contribution < 1.29 is 9.59 Å². The van der Waals surface area contributed by atoms with E-state index in [2.05, 4.69) is 20.2 Å². The Balaban J connectivity index is 1.26. The molecule has 1 fully saturated rings. The number of hydrogen-bond acceptors (Lipinski definition) is 4. The molecule has 1 saturated carbocycles. The number of H-pyrrole nitrogens is 2. The van der Waals surface area contributed by atoms with Crippen LogP contribution in [0.15, 0.2) is 54.7 Å². The maximum absolute atomic E-state index is 13.5. The van der Waals surface area contributed by atoms with E-state index in [4.69, 9.17) is 0 Å². The van der Waals surface area contributed by atoms with Gasteiger partial charge in [0.25, 0.3) is 11.8 Å². The molecule has 0 atom stereocenters. The summed E-state index contributed by atoms with van der Waals surface area (Å²) in [6.07, 6.45) is 4.15. The molecule has 166 valence electrons. The lowest BCUT2D eigenvalue weighted by atomic mass is 10.0. The minimum atomic E-state index is -0.376. The van der Waals surface area contributed by atoms with Gasteiger partial charge in [0, 0.05) is 48.4 Å². The normalized spacial score (nSPS) is 16.5. The number of fused-ring (bicyclic) bond motifs is 2. The Morgan fingerprint density at radius 1 is 1.12 bits per heavy atom. The number of carbonyl (C=O) groups is 2. The second-order valence-electron chi connectivity index (χ2n) is 8.89. The number of benzene rings is 1. The van der Waals surface area contributed by atoms with E-state index in [-0.39, 0.29) is 17.4 Å². The molecule has 1 aliphatic heterocycles. The van der Waals surface area contributed by atoms with E-state index in [0.29, 0.717) is 30.9 Å². The molecule has 0 bridgehead atoms. The van der Waals surface area contributed by atoms with Crippen LogP contribution in [0.3, 0.4) is 0 Å². The molecule has 6 rings (SSSR count). The van der Waals surface area contributed by atoms with Gasteiger partial charge in [0.1, 0.15) is 5.69 Å². The number of aromatic amines is 2. The Labute approximate surface area is 190 Å². The Morgan fingerprint density at radius 2 is 1.94 bits per heavy atom. The highest BCUT2D eigenvalue weighted by Gasteiger charge is 2.52. The summed E-state index contributed by atoms with van der Waals surface area (Å²) >= 11 is 0. The molecule has 4 heterocycles. The molecule has 0 unspecified atom stereocenters. The van der Waals surface area contributed by atoms with E-state index in [1.54, 1.807) is 16.0 Å². The van der Waals surface area contributed by atoms with Crippen molar-refractivity contribution in [1.82, 2.24) is 30.0 Å². The van der Waals surface area contributed by atoms with Crippen molar-refractivity contribution in [3.8, 4) is 0 Å². The first-order valence-electron chi connectivity index (χ1n) is 11.2. The van der Waals surface area contributed by atoms with Crippen LogP contribution in [-0.4, -0.2) is 55.4 Å². The highest BCUT2D eigenvalue weighted by atomic mass is 16.2. The van der Waals surface area contributed by atoms with Gasteiger partial charge in [-0.25, -0.2) is 0 Å². The fourth-order valence-corrected chi connectivity index (χ4v) is 4.88. The van der Waals surface area contributed by atoms with Crippen LogP contribution in [0.1, 0.15) is 50.8 Å². The van der Waals surface area contributed by atoms with Crippen LogP contribution in [-0.2, 0) is 18.5 Å².